The molecule has 0 aliphatic rings. The van der Waals surface area contributed by atoms with E-state index in [0.29, 0.717) is 77.4 Å². The molecule has 0 aromatic carbocycles. The van der Waals surface area contributed by atoms with E-state index in [9.17, 15) is 15.0 Å². The molecular weight excluding hydrogens is 482 g/mol. The van der Waals surface area contributed by atoms with Gasteiger partial charge in [-0.25, -0.2) is 4.79 Å². The normalized spacial score (nSPS) is 11.1. The van der Waals surface area contributed by atoms with Crippen LogP contribution < -0.4 is 4.84 Å². The van der Waals surface area contributed by atoms with Crippen LogP contribution in [0.2, 0.25) is 0 Å². The number of carbonyl (C=O) groups excluding carboxylic acids is 1. The predicted octanol–water partition coefficient (Wildman–Crippen LogP) is 0.739. The van der Waals surface area contributed by atoms with Crippen LogP contribution in [0.4, 0.5) is 0 Å². The van der Waals surface area contributed by atoms with Gasteiger partial charge >= 0.3 is 5.97 Å². The fourth-order valence-corrected chi connectivity index (χ4v) is 2.28. The van der Waals surface area contributed by atoms with E-state index in [4.69, 9.17) is 33.3 Å². The highest BCUT2D eigenvalue weighted by atomic mass is 79.9. The minimum atomic E-state index is -0.649. The van der Waals surface area contributed by atoms with E-state index in [2.05, 4.69) is 15.9 Å². The first-order valence-electron chi connectivity index (χ1n) is 9.98. The van der Waals surface area contributed by atoms with Crippen molar-refractivity contribution < 1.29 is 48.3 Å². The lowest BCUT2D eigenvalue weighted by atomic mass is 10.5. The molecule has 0 spiro atoms. The lowest BCUT2D eigenvalue weighted by molar-refractivity contribution is -0.146. The van der Waals surface area contributed by atoms with Crippen molar-refractivity contribution in [3.8, 4) is 11.8 Å². The third-order valence-electron chi connectivity index (χ3n) is 3.52. The Morgan fingerprint density at radius 1 is 0.677 bits per heavy atom. The second kappa shape index (κ2) is 19.3. The van der Waals surface area contributed by atoms with E-state index in [0.717, 1.165) is 5.33 Å². The van der Waals surface area contributed by atoms with Crippen LogP contribution in [-0.4, -0.2) is 106 Å². The Morgan fingerprint density at radius 2 is 1.03 bits per heavy atom. The van der Waals surface area contributed by atoms with Crippen LogP contribution in [0.1, 0.15) is 6.42 Å². The Kier molecular flexibility index (Phi) is 17.2. The lowest BCUT2D eigenvalue weighted by Crippen LogP contribution is -2.20. The molecule has 1 heterocycles. The summed E-state index contributed by atoms with van der Waals surface area (Å²) in [6, 6.07) is 2.41. The number of carbonyl (C=O) groups is 1. The van der Waals surface area contributed by atoms with Gasteiger partial charge in [0.05, 0.1) is 85.7 Å². The summed E-state index contributed by atoms with van der Waals surface area (Å²) in [5, 5.41) is 19.6. The number of hydrogen-bond donors (Lipinski definition) is 2. The van der Waals surface area contributed by atoms with E-state index in [1.54, 1.807) is 0 Å². The summed E-state index contributed by atoms with van der Waals surface area (Å²) < 4.78 is 32.6. The van der Waals surface area contributed by atoms with E-state index in [1.165, 1.54) is 12.1 Å². The maximum absolute atomic E-state index is 11.6. The topological polar surface area (TPSA) is 127 Å². The highest BCUT2D eigenvalue weighted by molar-refractivity contribution is 9.09. The van der Waals surface area contributed by atoms with Gasteiger partial charge in [-0.3, -0.25) is 0 Å². The Balaban J connectivity index is 1.77. The number of aromatic nitrogens is 1. The zero-order valence-corrected chi connectivity index (χ0v) is 19.1. The molecule has 180 valence electrons. The van der Waals surface area contributed by atoms with Gasteiger partial charge < -0.3 is 43.5 Å². The SMILES string of the molecule is O=C(CCOCCOCCOCCOCCOCCOCCBr)On1c(O)ccc1O. The molecule has 0 bridgehead atoms. The molecule has 0 radical (unpaired) electrons. The summed E-state index contributed by atoms with van der Waals surface area (Å²) in [5.41, 5.74) is 0. The maximum Gasteiger partial charge on any atom is 0.335 e. The standard InChI is InChI=1S/C19H32BrNO10/c20-4-6-26-8-10-28-12-14-30-16-15-29-13-11-27-9-7-25-5-3-19(24)31-21-17(22)1-2-18(21)23/h1-2,22-23H,3-16H2. The first-order valence-corrected chi connectivity index (χ1v) is 11.1. The molecule has 0 saturated carbocycles. The van der Waals surface area contributed by atoms with Crippen LogP contribution >= 0.6 is 15.9 Å². The number of ether oxygens (including phenoxy) is 6. The van der Waals surface area contributed by atoms with Gasteiger partial charge in [0.25, 0.3) is 0 Å². The maximum atomic E-state index is 11.6. The van der Waals surface area contributed by atoms with Gasteiger partial charge in [0.15, 0.2) is 0 Å². The number of alkyl halides is 1. The van der Waals surface area contributed by atoms with Gasteiger partial charge in [-0.05, 0) is 0 Å². The minimum absolute atomic E-state index is 0.0316. The largest absolute Gasteiger partial charge is 0.492 e. The summed E-state index contributed by atoms with van der Waals surface area (Å²) in [6.07, 6.45) is -0.0316. The summed E-state index contributed by atoms with van der Waals surface area (Å²) in [4.78, 5) is 16.4. The predicted molar refractivity (Wildman–Crippen MR) is 113 cm³/mol. The monoisotopic (exact) mass is 513 g/mol. The molecule has 1 aromatic rings. The summed E-state index contributed by atoms with van der Waals surface area (Å²) in [5.74, 6) is -1.39. The average molecular weight is 514 g/mol. The second-order valence-electron chi connectivity index (χ2n) is 5.92. The van der Waals surface area contributed by atoms with Gasteiger partial charge in [0.1, 0.15) is 0 Å². The van der Waals surface area contributed by atoms with Crippen LogP contribution in [0.3, 0.4) is 0 Å². The van der Waals surface area contributed by atoms with E-state index >= 15 is 0 Å². The zero-order chi connectivity index (χ0) is 22.6. The number of hydrogen-bond acceptors (Lipinski definition) is 10. The van der Waals surface area contributed by atoms with Gasteiger partial charge in [-0.2, -0.15) is 0 Å². The lowest BCUT2D eigenvalue weighted by Gasteiger charge is -2.08. The Bertz CT molecular complexity index is 552. The Hall–Kier alpha value is -1.41. The third-order valence-corrected chi connectivity index (χ3v) is 3.85. The molecule has 0 atom stereocenters. The summed E-state index contributed by atoms with van der Waals surface area (Å²) in [7, 11) is 0. The van der Waals surface area contributed by atoms with Gasteiger partial charge in [0, 0.05) is 17.5 Å². The van der Waals surface area contributed by atoms with Crippen LogP contribution in [0.15, 0.2) is 12.1 Å². The van der Waals surface area contributed by atoms with Crippen molar-refractivity contribution in [1.29, 1.82) is 0 Å². The van der Waals surface area contributed by atoms with Crippen molar-refractivity contribution in [1.82, 2.24) is 4.73 Å². The second-order valence-corrected chi connectivity index (χ2v) is 6.71. The van der Waals surface area contributed by atoms with E-state index < -0.39 is 5.97 Å². The van der Waals surface area contributed by atoms with Crippen molar-refractivity contribution >= 4 is 21.9 Å². The highest BCUT2D eigenvalue weighted by Gasteiger charge is 2.11. The number of aromatic hydroxyl groups is 2. The first kappa shape index (κ1) is 27.6. The summed E-state index contributed by atoms with van der Waals surface area (Å²) >= 11 is 3.28. The Labute approximate surface area is 190 Å². The molecule has 0 amide bonds. The molecule has 0 unspecified atom stereocenters. The molecule has 12 heteroatoms. The van der Waals surface area contributed by atoms with Crippen LogP contribution in [0, 0.1) is 0 Å². The fraction of sp³-hybridized carbons (Fsp3) is 0.737. The molecule has 31 heavy (non-hydrogen) atoms. The smallest absolute Gasteiger partial charge is 0.335 e. The van der Waals surface area contributed by atoms with Crippen LogP contribution in [0.25, 0.3) is 0 Å². The molecule has 11 nitrogen and oxygen atoms in total. The molecule has 1 rings (SSSR count). The molecule has 1 aromatic heterocycles. The molecule has 0 fully saturated rings. The van der Waals surface area contributed by atoms with Crippen molar-refractivity contribution in [2.45, 2.75) is 6.42 Å². The Morgan fingerprint density at radius 3 is 1.42 bits per heavy atom. The molecule has 2 N–H and O–H groups in total. The minimum Gasteiger partial charge on any atom is -0.492 e. The van der Waals surface area contributed by atoms with E-state index in [1.807, 2.05) is 0 Å². The van der Waals surface area contributed by atoms with Crippen LogP contribution in [-0.2, 0) is 33.2 Å². The molecule has 0 saturated heterocycles. The quantitative estimate of drug-likeness (QED) is 0.179. The fourth-order valence-electron chi connectivity index (χ4n) is 2.05. The van der Waals surface area contributed by atoms with Crippen molar-refractivity contribution in [3.05, 3.63) is 12.1 Å². The highest BCUT2D eigenvalue weighted by Crippen LogP contribution is 2.18. The van der Waals surface area contributed by atoms with Gasteiger partial charge in [0.2, 0.25) is 11.8 Å². The van der Waals surface area contributed by atoms with Crippen LogP contribution in [0.5, 0.6) is 11.8 Å². The van der Waals surface area contributed by atoms with Crippen molar-refractivity contribution in [3.63, 3.8) is 0 Å². The van der Waals surface area contributed by atoms with Crippen molar-refractivity contribution in [2.75, 3.05) is 84.6 Å². The zero-order valence-electron chi connectivity index (χ0n) is 17.5. The van der Waals surface area contributed by atoms with Gasteiger partial charge in [-0.1, -0.05) is 15.9 Å². The first-order chi connectivity index (χ1) is 15.1. The van der Waals surface area contributed by atoms with Gasteiger partial charge in [-0.15, -0.1) is 4.73 Å². The average Bonchev–Trinajstić information content (AvgIpc) is 3.07. The van der Waals surface area contributed by atoms with E-state index in [-0.39, 0.29) is 24.8 Å². The summed E-state index contributed by atoms with van der Waals surface area (Å²) in [6.45, 7) is 5.50. The molecule has 0 aliphatic carbocycles. The number of halogens is 1. The third kappa shape index (κ3) is 15.1. The molecular formula is C19H32BrNO10. The number of rotatable bonds is 21. The number of nitrogens with zero attached hydrogens (tertiary/aromatic N) is 1. The molecule has 0 aliphatic heterocycles. The van der Waals surface area contributed by atoms with Crippen molar-refractivity contribution in [2.24, 2.45) is 0 Å².